The van der Waals surface area contributed by atoms with Crippen molar-refractivity contribution >= 4 is 0 Å². The molecular formula is C8H17N3. The van der Waals surface area contributed by atoms with Crippen LogP contribution < -0.4 is 5.73 Å². The minimum atomic E-state index is 0.0570. The van der Waals surface area contributed by atoms with E-state index in [0.717, 1.165) is 6.54 Å². The molecule has 3 nitrogen and oxygen atoms in total. The summed E-state index contributed by atoms with van der Waals surface area (Å²) in [5.41, 5.74) is 5.85. The molecule has 11 heavy (non-hydrogen) atoms. The topological polar surface area (TPSA) is 32.5 Å². The van der Waals surface area contributed by atoms with Gasteiger partial charge in [-0.25, -0.2) is 0 Å². The monoisotopic (exact) mass is 155 g/mol. The van der Waals surface area contributed by atoms with Gasteiger partial charge in [0.15, 0.2) is 6.29 Å². The zero-order valence-electron chi connectivity index (χ0n) is 7.33. The molecule has 0 amide bonds. The summed E-state index contributed by atoms with van der Waals surface area (Å²) in [5.74, 6) is 0. The fourth-order valence-corrected chi connectivity index (χ4v) is 1.15. The van der Waals surface area contributed by atoms with E-state index in [2.05, 4.69) is 18.0 Å². The van der Waals surface area contributed by atoms with Crippen molar-refractivity contribution in [2.75, 3.05) is 13.6 Å². The lowest BCUT2D eigenvalue weighted by atomic mass is 10.3. The fourth-order valence-electron chi connectivity index (χ4n) is 1.15. The summed E-state index contributed by atoms with van der Waals surface area (Å²) in [5, 5.41) is 0. The fraction of sp³-hybridized carbons (Fsp3) is 0.750. The van der Waals surface area contributed by atoms with Gasteiger partial charge >= 0.3 is 0 Å². The Bertz CT molecular complexity index is 144. The van der Waals surface area contributed by atoms with Crippen LogP contribution in [0.2, 0.25) is 0 Å². The van der Waals surface area contributed by atoms with Crippen LogP contribution in [0, 0.1) is 0 Å². The van der Waals surface area contributed by atoms with Crippen molar-refractivity contribution in [1.82, 2.24) is 9.80 Å². The maximum Gasteiger partial charge on any atom is 0.154 e. The number of hydrogen-bond donors (Lipinski definition) is 1. The van der Waals surface area contributed by atoms with Crippen LogP contribution in [0.25, 0.3) is 0 Å². The summed E-state index contributed by atoms with van der Waals surface area (Å²) in [6.45, 7) is 3.26. The van der Waals surface area contributed by atoms with Crippen molar-refractivity contribution < 1.29 is 0 Å². The van der Waals surface area contributed by atoms with Gasteiger partial charge in [-0.05, 0) is 6.42 Å². The Morgan fingerprint density at radius 2 is 2.18 bits per heavy atom. The lowest BCUT2D eigenvalue weighted by Gasteiger charge is -2.26. The van der Waals surface area contributed by atoms with E-state index in [-0.39, 0.29) is 6.29 Å². The predicted octanol–water partition coefficient (Wildman–Crippen LogP) is 0.747. The number of nitrogens with two attached hydrogens (primary N) is 1. The molecule has 1 unspecified atom stereocenters. The van der Waals surface area contributed by atoms with Gasteiger partial charge in [0.2, 0.25) is 0 Å². The van der Waals surface area contributed by atoms with E-state index in [1.54, 1.807) is 0 Å². The molecule has 0 radical (unpaired) electrons. The second-order valence-corrected chi connectivity index (χ2v) is 2.97. The molecule has 0 aliphatic carbocycles. The standard InChI is InChI=1S/C8H17N3/c1-3-4-5-11-7-6-10(2)8(11)9/h6-8H,3-5,9H2,1-2H3. The molecule has 0 saturated carbocycles. The van der Waals surface area contributed by atoms with Crippen LogP contribution in [0.3, 0.4) is 0 Å². The van der Waals surface area contributed by atoms with E-state index in [0.29, 0.717) is 0 Å². The van der Waals surface area contributed by atoms with Crippen molar-refractivity contribution in [3.63, 3.8) is 0 Å². The molecule has 64 valence electrons. The molecule has 0 bridgehead atoms. The number of rotatable bonds is 3. The van der Waals surface area contributed by atoms with E-state index < -0.39 is 0 Å². The lowest BCUT2D eigenvalue weighted by molar-refractivity contribution is 0.181. The minimum absolute atomic E-state index is 0.0570. The Morgan fingerprint density at radius 1 is 1.45 bits per heavy atom. The molecule has 1 heterocycles. The molecule has 3 heteroatoms. The third-order valence-corrected chi connectivity index (χ3v) is 2.02. The smallest absolute Gasteiger partial charge is 0.154 e. The zero-order valence-corrected chi connectivity index (χ0v) is 7.33. The van der Waals surface area contributed by atoms with E-state index in [1.807, 2.05) is 18.1 Å². The lowest BCUT2D eigenvalue weighted by Crippen LogP contribution is -2.44. The van der Waals surface area contributed by atoms with Crippen LogP contribution in [0.1, 0.15) is 19.8 Å². The third kappa shape index (κ3) is 1.87. The first-order chi connectivity index (χ1) is 5.25. The zero-order chi connectivity index (χ0) is 8.27. The van der Waals surface area contributed by atoms with Gasteiger partial charge in [0, 0.05) is 26.0 Å². The molecule has 1 aliphatic heterocycles. The third-order valence-electron chi connectivity index (χ3n) is 2.02. The first-order valence-electron chi connectivity index (χ1n) is 4.17. The maximum atomic E-state index is 5.85. The number of nitrogens with zero attached hydrogens (tertiary/aromatic N) is 2. The Kier molecular flexibility index (Phi) is 2.76. The SMILES string of the molecule is CCCCN1C=CN(C)C1N. The highest BCUT2D eigenvalue weighted by Crippen LogP contribution is 2.09. The van der Waals surface area contributed by atoms with E-state index in [4.69, 9.17) is 5.73 Å². The number of unbranched alkanes of at least 4 members (excludes halogenated alkanes) is 1. The van der Waals surface area contributed by atoms with Crippen LogP contribution in [0.5, 0.6) is 0 Å². The molecule has 0 spiro atoms. The van der Waals surface area contributed by atoms with E-state index in [9.17, 15) is 0 Å². The van der Waals surface area contributed by atoms with Crippen molar-refractivity contribution in [3.8, 4) is 0 Å². The molecule has 1 atom stereocenters. The van der Waals surface area contributed by atoms with Crippen molar-refractivity contribution in [3.05, 3.63) is 12.4 Å². The van der Waals surface area contributed by atoms with Gasteiger partial charge in [-0.2, -0.15) is 0 Å². The second-order valence-electron chi connectivity index (χ2n) is 2.97. The molecule has 2 N–H and O–H groups in total. The Morgan fingerprint density at radius 3 is 2.64 bits per heavy atom. The molecule has 1 rings (SSSR count). The van der Waals surface area contributed by atoms with Gasteiger partial charge in [-0.1, -0.05) is 13.3 Å². The van der Waals surface area contributed by atoms with Crippen LogP contribution in [-0.4, -0.2) is 29.7 Å². The minimum Gasteiger partial charge on any atom is -0.347 e. The average Bonchev–Trinajstić information content (AvgIpc) is 2.31. The molecule has 0 aromatic heterocycles. The highest BCUT2D eigenvalue weighted by Gasteiger charge is 2.17. The van der Waals surface area contributed by atoms with Crippen LogP contribution in [0.4, 0.5) is 0 Å². The summed E-state index contributed by atoms with van der Waals surface area (Å²) in [4.78, 5) is 4.17. The van der Waals surface area contributed by atoms with Gasteiger partial charge in [0.25, 0.3) is 0 Å². The summed E-state index contributed by atoms with van der Waals surface area (Å²) in [6.07, 6.45) is 6.56. The summed E-state index contributed by atoms with van der Waals surface area (Å²) < 4.78 is 0. The van der Waals surface area contributed by atoms with E-state index >= 15 is 0 Å². The van der Waals surface area contributed by atoms with Gasteiger partial charge < -0.3 is 9.80 Å². The van der Waals surface area contributed by atoms with Crippen LogP contribution in [-0.2, 0) is 0 Å². The van der Waals surface area contributed by atoms with Gasteiger partial charge in [0.05, 0.1) is 0 Å². The average molecular weight is 155 g/mol. The molecule has 0 saturated heterocycles. The Balaban J connectivity index is 2.31. The summed E-state index contributed by atoms with van der Waals surface area (Å²) in [6, 6.07) is 0. The van der Waals surface area contributed by atoms with E-state index in [1.165, 1.54) is 12.8 Å². The van der Waals surface area contributed by atoms with Crippen molar-refractivity contribution in [1.29, 1.82) is 0 Å². The van der Waals surface area contributed by atoms with Gasteiger partial charge in [-0.3, -0.25) is 5.73 Å². The number of hydrogen-bond acceptors (Lipinski definition) is 3. The Hall–Kier alpha value is -0.700. The highest BCUT2D eigenvalue weighted by atomic mass is 15.4. The Labute approximate surface area is 68.5 Å². The highest BCUT2D eigenvalue weighted by molar-refractivity contribution is 4.92. The quantitative estimate of drug-likeness (QED) is 0.652. The molecule has 0 aromatic rings. The maximum absolute atomic E-state index is 5.85. The van der Waals surface area contributed by atoms with Crippen molar-refractivity contribution in [2.45, 2.75) is 26.1 Å². The van der Waals surface area contributed by atoms with Crippen LogP contribution >= 0.6 is 0 Å². The first kappa shape index (κ1) is 8.40. The molecule has 0 fully saturated rings. The van der Waals surface area contributed by atoms with Gasteiger partial charge in [0.1, 0.15) is 0 Å². The van der Waals surface area contributed by atoms with Crippen molar-refractivity contribution in [2.24, 2.45) is 5.73 Å². The summed E-state index contributed by atoms with van der Waals surface area (Å²) >= 11 is 0. The molecule has 1 aliphatic rings. The van der Waals surface area contributed by atoms with Gasteiger partial charge in [-0.15, -0.1) is 0 Å². The normalized spacial score (nSPS) is 23.4. The predicted molar refractivity (Wildman–Crippen MR) is 46.5 cm³/mol. The molecule has 0 aromatic carbocycles. The second kappa shape index (κ2) is 3.62. The molecular weight excluding hydrogens is 138 g/mol. The summed E-state index contributed by atoms with van der Waals surface area (Å²) in [7, 11) is 1.99. The largest absolute Gasteiger partial charge is 0.347 e. The first-order valence-corrected chi connectivity index (χ1v) is 4.17. The van der Waals surface area contributed by atoms with Crippen LogP contribution in [0.15, 0.2) is 12.4 Å².